The second-order valence-electron chi connectivity index (χ2n) is 12.3. The molecule has 6 aromatic carbocycles. The summed E-state index contributed by atoms with van der Waals surface area (Å²) in [6.45, 7) is 0. The first-order chi connectivity index (χ1) is 24.8. The number of thiophene rings is 1. The number of aromatic nitrogens is 5. The van der Waals surface area contributed by atoms with Gasteiger partial charge in [-0.2, -0.15) is 0 Å². The Hall–Kier alpha value is -6.50. The molecular formula is C44H27N5S. The van der Waals surface area contributed by atoms with Gasteiger partial charge < -0.3 is 0 Å². The van der Waals surface area contributed by atoms with E-state index in [0.717, 1.165) is 33.5 Å². The van der Waals surface area contributed by atoms with Gasteiger partial charge in [-0.05, 0) is 47.5 Å². The van der Waals surface area contributed by atoms with Gasteiger partial charge in [0.05, 0.1) is 11.0 Å². The van der Waals surface area contributed by atoms with Crippen molar-refractivity contribution in [2.24, 2.45) is 0 Å². The number of pyridine rings is 1. The molecular weight excluding hydrogens is 631 g/mol. The molecule has 10 rings (SSSR count). The van der Waals surface area contributed by atoms with Crippen LogP contribution in [0.1, 0.15) is 0 Å². The van der Waals surface area contributed by atoms with Gasteiger partial charge in [-0.3, -0.25) is 4.57 Å². The smallest absolute Gasteiger partial charge is 0.165 e. The molecule has 0 fully saturated rings. The Morgan fingerprint density at radius 3 is 1.74 bits per heavy atom. The molecule has 0 saturated carbocycles. The molecule has 4 aromatic heterocycles. The number of hydrogen-bond acceptors (Lipinski definition) is 5. The molecule has 4 heterocycles. The third-order valence-corrected chi connectivity index (χ3v) is 10.5. The zero-order valence-electron chi connectivity index (χ0n) is 26.7. The molecule has 0 aliphatic carbocycles. The average molecular weight is 658 g/mol. The van der Waals surface area contributed by atoms with E-state index in [9.17, 15) is 0 Å². The molecule has 234 valence electrons. The predicted molar refractivity (Wildman–Crippen MR) is 207 cm³/mol. The minimum Gasteiger partial charge on any atom is -0.294 e. The molecule has 50 heavy (non-hydrogen) atoms. The van der Waals surface area contributed by atoms with Crippen molar-refractivity contribution >= 4 is 53.3 Å². The van der Waals surface area contributed by atoms with Gasteiger partial charge in [-0.25, -0.2) is 19.9 Å². The molecule has 0 saturated heterocycles. The van der Waals surface area contributed by atoms with E-state index >= 15 is 0 Å². The fourth-order valence-corrected chi connectivity index (χ4v) is 8.12. The molecule has 6 heteroatoms. The van der Waals surface area contributed by atoms with Gasteiger partial charge in [-0.15, -0.1) is 11.3 Å². The first kappa shape index (κ1) is 28.5. The summed E-state index contributed by atoms with van der Waals surface area (Å²) < 4.78 is 4.87. The number of benzene rings is 6. The van der Waals surface area contributed by atoms with Crippen molar-refractivity contribution in [1.29, 1.82) is 0 Å². The second-order valence-corrected chi connectivity index (χ2v) is 13.4. The van der Waals surface area contributed by atoms with Crippen molar-refractivity contribution in [3.8, 4) is 51.1 Å². The Labute approximate surface area is 291 Å². The number of hydrogen-bond donors (Lipinski definition) is 0. The minimum absolute atomic E-state index is 0.581. The largest absolute Gasteiger partial charge is 0.294 e. The summed E-state index contributed by atoms with van der Waals surface area (Å²) in [7, 11) is 0. The van der Waals surface area contributed by atoms with Crippen molar-refractivity contribution in [3.05, 3.63) is 164 Å². The van der Waals surface area contributed by atoms with E-state index in [1.54, 1.807) is 0 Å². The first-order valence-electron chi connectivity index (χ1n) is 16.6. The molecule has 0 amide bonds. The van der Waals surface area contributed by atoms with Crippen LogP contribution in [0.15, 0.2) is 164 Å². The topological polar surface area (TPSA) is 56.5 Å². The molecule has 0 spiro atoms. The molecule has 0 unspecified atom stereocenters. The monoisotopic (exact) mass is 657 g/mol. The summed E-state index contributed by atoms with van der Waals surface area (Å²) >= 11 is 1.85. The number of fused-ring (bicyclic) bond motifs is 6. The van der Waals surface area contributed by atoms with E-state index < -0.39 is 0 Å². The van der Waals surface area contributed by atoms with Crippen LogP contribution in [0.4, 0.5) is 0 Å². The van der Waals surface area contributed by atoms with Gasteiger partial charge in [-0.1, -0.05) is 121 Å². The Bertz CT molecular complexity index is 2800. The minimum atomic E-state index is 0.581. The standard InChI is InChI=1S/C44H27N5S/c1-3-12-28(13-4-1)42-46-43(29-14-5-2-6-15-29)48-44(47-42)31-23-25-40(45-27-31)49-36-19-9-7-16-33(36)34-24-22-30(26-37(34)49)32-18-11-21-39-41(32)35-17-8-10-20-38(35)50-39/h1-27H. The maximum Gasteiger partial charge on any atom is 0.165 e. The summed E-state index contributed by atoms with van der Waals surface area (Å²) in [6, 6.07) is 54.9. The van der Waals surface area contributed by atoms with E-state index in [1.807, 2.05) is 78.2 Å². The van der Waals surface area contributed by atoms with Crippen molar-refractivity contribution in [3.63, 3.8) is 0 Å². The van der Waals surface area contributed by atoms with Crippen molar-refractivity contribution in [2.45, 2.75) is 0 Å². The number of para-hydroxylation sites is 1. The van der Waals surface area contributed by atoms with E-state index in [4.69, 9.17) is 19.9 Å². The summed E-state index contributed by atoms with van der Waals surface area (Å²) in [5.41, 5.74) is 7.33. The molecule has 0 bridgehead atoms. The molecule has 10 aromatic rings. The molecule has 0 radical (unpaired) electrons. The van der Waals surface area contributed by atoms with E-state index in [-0.39, 0.29) is 0 Å². The van der Waals surface area contributed by atoms with Crippen LogP contribution in [0.3, 0.4) is 0 Å². The van der Waals surface area contributed by atoms with Crippen LogP contribution in [-0.2, 0) is 0 Å². The first-order valence-corrected chi connectivity index (χ1v) is 17.4. The lowest BCUT2D eigenvalue weighted by molar-refractivity contribution is 1.05. The van der Waals surface area contributed by atoms with Crippen LogP contribution in [0.5, 0.6) is 0 Å². The molecule has 0 aliphatic heterocycles. The molecule has 5 nitrogen and oxygen atoms in total. The van der Waals surface area contributed by atoms with Crippen molar-refractivity contribution in [1.82, 2.24) is 24.5 Å². The summed E-state index contributed by atoms with van der Waals surface area (Å²) in [5, 5.41) is 4.98. The molecule has 0 aliphatic rings. The van der Waals surface area contributed by atoms with Gasteiger partial charge in [0.1, 0.15) is 5.82 Å². The van der Waals surface area contributed by atoms with Crippen molar-refractivity contribution in [2.75, 3.05) is 0 Å². The second kappa shape index (κ2) is 11.6. The lowest BCUT2D eigenvalue weighted by Crippen LogP contribution is -2.01. The molecule has 0 N–H and O–H groups in total. The average Bonchev–Trinajstić information content (AvgIpc) is 3.74. The third kappa shape index (κ3) is 4.69. The van der Waals surface area contributed by atoms with Crippen LogP contribution in [0.25, 0.3) is 93.1 Å². The van der Waals surface area contributed by atoms with Crippen LogP contribution in [0, 0.1) is 0 Å². The number of nitrogens with zero attached hydrogens (tertiary/aromatic N) is 5. The zero-order chi connectivity index (χ0) is 33.0. The van der Waals surface area contributed by atoms with Gasteiger partial charge in [0.15, 0.2) is 17.5 Å². The Kier molecular flexibility index (Phi) is 6.60. The molecule has 0 atom stereocenters. The Morgan fingerprint density at radius 2 is 1.02 bits per heavy atom. The van der Waals surface area contributed by atoms with Crippen LogP contribution >= 0.6 is 11.3 Å². The summed E-state index contributed by atoms with van der Waals surface area (Å²) in [5.74, 6) is 2.66. The van der Waals surface area contributed by atoms with Crippen LogP contribution < -0.4 is 0 Å². The fraction of sp³-hybridized carbons (Fsp3) is 0. The van der Waals surface area contributed by atoms with Crippen LogP contribution in [-0.4, -0.2) is 24.5 Å². The van der Waals surface area contributed by atoms with Gasteiger partial charge >= 0.3 is 0 Å². The quantitative estimate of drug-likeness (QED) is 0.185. The fourth-order valence-electron chi connectivity index (χ4n) is 6.99. The summed E-state index contributed by atoms with van der Waals surface area (Å²) in [4.78, 5) is 19.7. The van der Waals surface area contributed by atoms with Gasteiger partial charge in [0.2, 0.25) is 0 Å². The third-order valence-electron chi connectivity index (χ3n) is 9.32. The highest BCUT2D eigenvalue weighted by atomic mass is 32.1. The van der Waals surface area contributed by atoms with E-state index in [2.05, 4.69) is 102 Å². The predicted octanol–water partition coefficient (Wildman–Crippen LogP) is 11.4. The normalized spacial score (nSPS) is 11.6. The van der Waals surface area contributed by atoms with Gasteiger partial charge in [0, 0.05) is 53.8 Å². The highest BCUT2D eigenvalue weighted by Gasteiger charge is 2.17. The van der Waals surface area contributed by atoms with E-state index in [0.29, 0.717) is 17.5 Å². The Balaban J connectivity index is 1.12. The Morgan fingerprint density at radius 1 is 0.420 bits per heavy atom. The highest BCUT2D eigenvalue weighted by Crippen LogP contribution is 2.41. The van der Waals surface area contributed by atoms with Crippen molar-refractivity contribution < 1.29 is 0 Å². The van der Waals surface area contributed by atoms with Gasteiger partial charge in [0.25, 0.3) is 0 Å². The SMILES string of the molecule is c1ccc(-c2nc(-c3ccccc3)nc(-c3ccc(-n4c5ccccc5c5ccc(-c6cccc7sc8ccccc8c67)cc54)nc3)n2)cc1. The maximum absolute atomic E-state index is 5.05. The lowest BCUT2D eigenvalue weighted by Gasteiger charge is -2.11. The maximum atomic E-state index is 5.05. The van der Waals surface area contributed by atoms with Crippen LogP contribution in [0.2, 0.25) is 0 Å². The highest BCUT2D eigenvalue weighted by molar-refractivity contribution is 7.25. The summed E-state index contributed by atoms with van der Waals surface area (Å²) in [6.07, 6.45) is 1.87. The number of rotatable bonds is 5. The lowest BCUT2D eigenvalue weighted by atomic mass is 9.98. The zero-order valence-corrected chi connectivity index (χ0v) is 27.5. The van der Waals surface area contributed by atoms with E-state index in [1.165, 1.54) is 42.1 Å².